The Morgan fingerprint density at radius 1 is 0.952 bits per heavy atom. The highest BCUT2D eigenvalue weighted by Crippen LogP contribution is 2.30. The summed E-state index contributed by atoms with van der Waals surface area (Å²) in [6, 6.07) is 21.1. The molecule has 0 saturated heterocycles. The van der Waals surface area contributed by atoms with Gasteiger partial charge in [-0.25, -0.2) is 4.39 Å². The number of alkyl halides is 1. The first-order valence-electron chi connectivity index (χ1n) is 7.60. The van der Waals surface area contributed by atoms with Crippen LogP contribution in [0.5, 0.6) is 0 Å². The van der Waals surface area contributed by atoms with Gasteiger partial charge in [0, 0.05) is 5.92 Å². The molecule has 0 aliphatic rings. The van der Waals surface area contributed by atoms with E-state index in [1.54, 1.807) is 6.92 Å². The van der Waals surface area contributed by atoms with Crippen LogP contribution in [0.4, 0.5) is 4.39 Å². The Balaban J connectivity index is 2.09. The second kappa shape index (κ2) is 7.78. The van der Waals surface area contributed by atoms with Crippen LogP contribution in [0, 0.1) is 0 Å². The van der Waals surface area contributed by atoms with E-state index in [0.29, 0.717) is 11.5 Å². The van der Waals surface area contributed by atoms with E-state index in [1.165, 1.54) is 11.1 Å². The van der Waals surface area contributed by atoms with Gasteiger partial charge in [0.25, 0.3) is 0 Å². The summed E-state index contributed by atoms with van der Waals surface area (Å²) >= 11 is 0. The van der Waals surface area contributed by atoms with E-state index < -0.39 is 6.17 Å². The maximum absolute atomic E-state index is 13.2. The zero-order valence-electron chi connectivity index (χ0n) is 12.6. The summed E-state index contributed by atoms with van der Waals surface area (Å²) in [5.74, 6) is 0.370. The molecular weight excluding hydrogens is 259 g/mol. The fourth-order valence-electron chi connectivity index (χ4n) is 2.63. The lowest BCUT2D eigenvalue weighted by molar-refractivity contribution is 0.399. The van der Waals surface area contributed by atoms with Gasteiger partial charge >= 0.3 is 0 Å². The Bertz CT molecular complexity index is 503. The highest BCUT2D eigenvalue weighted by molar-refractivity contribution is 5.32. The SMILES string of the molecule is C=C(CCCC(c1ccccc1)c1ccccc1)C(C)F. The molecule has 0 nitrogen and oxygen atoms in total. The van der Waals surface area contributed by atoms with E-state index >= 15 is 0 Å². The topological polar surface area (TPSA) is 0 Å². The van der Waals surface area contributed by atoms with Crippen molar-refractivity contribution < 1.29 is 4.39 Å². The van der Waals surface area contributed by atoms with Crippen molar-refractivity contribution in [2.45, 2.75) is 38.3 Å². The second-order valence-corrected chi connectivity index (χ2v) is 5.54. The average molecular weight is 282 g/mol. The second-order valence-electron chi connectivity index (χ2n) is 5.54. The van der Waals surface area contributed by atoms with Crippen molar-refractivity contribution in [3.8, 4) is 0 Å². The van der Waals surface area contributed by atoms with E-state index in [1.807, 2.05) is 12.1 Å². The minimum Gasteiger partial charge on any atom is -0.243 e. The smallest absolute Gasteiger partial charge is 0.118 e. The van der Waals surface area contributed by atoms with Crippen molar-refractivity contribution in [2.24, 2.45) is 0 Å². The lowest BCUT2D eigenvalue weighted by atomic mass is 9.86. The number of hydrogen-bond acceptors (Lipinski definition) is 0. The third-order valence-corrected chi connectivity index (χ3v) is 3.96. The van der Waals surface area contributed by atoms with Crippen molar-refractivity contribution in [2.75, 3.05) is 0 Å². The highest BCUT2D eigenvalue weighted by Gasteiger charge is 2.14. The zero-order valence-corrected chi connectivity index (χ0v) is 12.6. The van der Waals surface area contributed by atoms with Gasteiger partial charge in [0.1, 0.15) is 6.17 Å². The Hall–Kier alpha value is -1.89. The van der Waals surface area contributed by atoms with Crippen LogP contribution in [0.1, 0.15) is 43.2 Å². The molecular formula is C20H23F. The molecule has 1 heteroatoms. The molecule has 0 aliphatic heterocycles. The van der Waals surface area contributed by atoms with E-state index in [2.05, 4.69) is 55.1 Å². The summed E-state index contributed by atoms with van der Waals surface area (Å²) in [7, 11) is 0. The van der Waals surface area contributed by atoms with Crippen molar-refractivity contribution >= 4 is 0 Å². The Morgan fingerprint density at radius 3 is 1.86 bits per heavy atom. The van der Waals surface area contributed by atoms with Gasteiger partial charge in [-0.3, -0.25) is 0 Å². The molecule has 1 atom stereocenters. The van der Waals surface area contributed by atoms with Gasteiger partial charge in [0.15, 0.2) is 0 Å². The molecule has 0 saturated carbocycles. The molecule has 0 spiro atoms. The normalized spacial score (nSPS) is 12.3. The molecule has 0 aromatic heterocycles. The number of hydrogen-bond donors (Lipinski definition) is 0. The largest absolute Gasteiger partial charge is 0.243 e. The number of rotatable bonds is 7. The molecule has 0 heterocycles. The van der Waals surface area contributed by atoms with Crippen LogP contribution in [0.3, 0.4) is 0 Å². The molecule has 0 aliphatic carbocycles. The maximum atomic E-state index is 13.2. The van der Waals surface area contributed by atoms with Crippen LogP contribution >= 0.6 is 0 Å². The minimum absolute atomic E-state index is 0.370. The van der Waals surface area contributed by atoms with Gasteiger partial charge in [0.05, 0.1) is 0 Å². The molecule has 1 unspecified atom stereocenters. The van der Waals surface area contributed by atoms with Gasteiger partial charge in [-0.2, -0.15) is 0 Å². The Morgan fingerprint density at radius 2 is 1.43 bits per heavy atom. The number of halogens is 1. The average Bonchev–Trinajstić information content (AvgIpc) is 2.53. The zero-order chi connectivity index (χ0) is 15.1. The first-order valence-corrected chi connectivity index (χ1v) is 7.60. The number of benzene rings is 2. The van der Waals surface area contributed by atoms with Crippen molar-refractivity contribution in [1.29, 1.82) is 0 Å². The summed E-state index contributed by atoms with van der Waals surface area (Å²) in [5.41, 5.74) is 3.35. The fraction of sp³-hybridized carbons (Fsp3) is 0.300. The molecule has 0 N–H and O–H groups in total. The van der Waals surface area contributed by atoms with Crippen LogP contribution in [0.25, 0.3) is 0 Å². The Labute approximate surface area is 127 Å². The molecule has 0 bridgehead atoms. The highest BCUT2D eigenvalue weighted by atomic mass is 19.1. The quantitative estimate of drug-likeness (QED) is 0.554. The third-order valence-electron chi connectivity index (χ3n) is 3.96. The van der Waals surface area contributed by atoms with Gasteiger partial charge in [-0.1, -0.05) is 67.2 Å². The van der Waals surface area contributed by atoms with Gasteiger partial charge in [0.2, 0.25) is 0 Å². The summed E-state index contributed by atoms with van der Waals surface area (Å²) in [4.78, 5) is 0. The first-order chi connectivity index (χ1) is 10.2. The monoisotopic (exact) mass is 282 g/mol. The van der Waals surface area contributed by atoms with Crippen LogP contribution in [0.2, 0.25) is 0 Å². The summed E-state index contributed by atoms with van der Waals surface area (Å²) in [6.07, 6.45) is 1.83. The minimum atomic E-state index is -0.906. The molecule has 21 heavy (non-hydrogen) atoms. The van der Waals surface area contributed by atoms with Crippen LogP contribution in [-0.4, -0.2) is 6.17 Å². The Kier molecular flexibility index (Phi) is 5.74. The lowest BCUT2D eigenvalue weighted by Crippen LogP contribution is -2.03. The van der Waals surface area contributed by atoms with E-state index in [-0.39, 0.29) is 0 Å². The molecule has 2 aromatic carbocycles. The van der Waals surface area contributed by atoms with Crippen molar-refractivity contribution in [3.05, 3.63) is 83.9 Å². The van der Waals surface area contributed by atoms with Crippen LogP contribution in [0.15, 0.2) is 72.8 Å². The van der Waals surface area contributed by atoms with Crippen molar-refractivity contribution in [1.82, 2.24) is 0 Å². The summed E-state index contributed by atoms with van der Waals surface area (Å²) in [6.45, 7) is 5.39. The summed E-state index contributed by atoms with van der Waals surface area (Å²) < 4.78 is 13.2. The predicted octanol–water partition coefficient (Wildman–Crippen LogP) is 5.90. The fourth-order valence-corrected chi connectivity index (χ4v) is 2.63. The lowest BCUT2D eigenvalue weighted by Gasteiger charge is -2.18. The van der Waals surface area contributed by atoms with Gasteiger partial charge in [-0.05, 0) is 42.9 Å². The standard InChI is InChI=1S/C20H23F/c1-16(17(2)21)10-9-15-20(18-11-5-3-6-12-18)19-13-7-4-8-14-19/h3-8,11-14,17,20H,1,9-10,15H2,2H3. The molecule has 0 radical (unpaired) electrons. The maximum Gasteiger partial charge on any atom is 0.118 e. The van der Waals surface area contributed by atoms with E-state index in [9.17, 15) is 4.39 Å². The third kappa shape index (κ3) is 4.56. The molecule has 2 aromatic rings. The van der Waals surface area contributed by atoms with Crippen molar-refractivity contribution in [3.63, 3.8) is 0 Å². The molecule has 2 rings (SSSR count). The molecule has 0 amide bonds. The van der Waals surface area contributed by atoms with E-state index in [0.717, 1.165) is 19.3 Å². The molecule has 110 valence electrons. The van der Waals surface area contributed by atoms with Gasteiger partial charge in [-0.15, -0.1) is 0 Å². The van der Waals surface area contributed by atoms with Gasteiger partial charge < -0.3 is 0 Å². The number of allylic oxidation sites excluding steroid dienone is 1. The van der Waals surface area contributed by atoms with E-state index in [4.69, 9.17) is 0 Å². The van der Waals surface area contributed by atoms with Crippen LogP contribution in [-0.2, 0) is 0 Å². The van der Waals surface area contributed by atoms with Crippen LogP contribution < -0.4 is 0 Å². The predicted molar refractivity (Wildman–Crippen MR) is 88.3 cm³/mol. The summed E-state index contributed by atoms with van der Waals surface area (Å²) in [5, 5.41) is 0. The first kappa shape index (κ1) is 15.5. The molecule has 0 fully saturated rings.